The van der Waals surface area contributed by atoms with Crippen LogP contribution in [0.4, 0.5) is 17.2 Å². The van der Waals surface area contributed by atoms with Gasteiger partial charge in [-0.1, -0.05) is 27.7 Å². The van der Waals surface area contributed by atoms with Gasteiger partial charge < -0.3 is 0 Å². The zero-order valence-electron chi connectivity index (χ0n) is 14.8. The molecule has 3 aromatic rings. The predicted molar refractivity (Wildman–Crippen MR) is 96.6 cm³/mol. The van der Waals surface area contributed by atoms with Crippen molar-refractivity contribution < 1.29 is 0 Å². The number of aromatic nitrogens is 4. The van der Waals surface area contributed by atoms with Crippen LogP contribution in [0.5, 0.6) is 0 Å². The highest BCUT2D eigenvalue weighted by Gasteiger charge is 2.46. The van der Waals surface area contributed by atoms with Crippen LogP contribution < -0.4 is 4.90 Å². The Kier molecular flexibility index (Phi) is 2.57. The summed E-state index contributed by atoms with van der Waals surface area (Å²) in [6.45, 7) is 8.92. The molecule has 5 rings (SSSR count). The van der Waals surface area contributed by atoms with Crippen LogP contribution in [-0.2, 0) is 10.8 Å². The van der Waals surface area contributed by atoms with Gasteiger partial charge in [-0.3, -0.25) is 14.9 Å². The molecule has 2 aliphatic heterocycles. The van der Waals surface area contributed by atoms with Crippen LogP contribution in [-0.4, -0.2) is 19.9 Å². The molecule has 0 aliphatic carbocycles. The SMILES string of the molecule is CC1(C)c2cnccc2N2c3ncncc3C(C)(C)c3cncc1c32. The molecule has 0 radical (unpaired) electrons. The first-order chi connectivity index (χ1) is 11.9. The maximum Gasteiger partial charge on any atom is 0.145 e. The van der Waals surface area contributed by atoms with Crippen LogP contribution in [0.2, 0.25) is 0 Å². The smallest absolute Gasteiger partial charge is 0.145 e. The Morgan fingerprint density at radius 1 is 0.760 bits per heavy atom. The maximum absolute atomic E-state index is 4.66. The molecule has 0 aromatic carbocycles. The van der Waals surface area contributed by atoms with Gasteiger partial charge in [0.2, 0.25) is 0 Å². The van der Waals surface area contributed by atoms with Gasteiger partial charge in [-0.25, -0.2) is 9.97 Å². The summed E-state index contributed by atoms with van der Waals surface area (Å²) >= 11 is 0. The molecule has 5 heterocycles. The van der Waals surface area contributed by atoms with Crippen LogP contribution in [0.1, 0.15) is 49.9 Å². The van der Waals surface area contributed by atoms with Crippen LogP contribution >= 0.6 is 0 Å². The van der Waals surface area contributed by atoms with Gasteiger partial charge in [0.15, 0.2) is 0 Å². The van der Waals surface area contributed by atoms with E-state index in [0.29, 0.717) is 0 Å². The number of fused-ring (bicyclic) bond motifs is 4. The third-order valence-corrected chi connectivity index (χ3v) is 5.78. The minimum absolute atomic E-state index is 0.168. The lowest BCUT2D eigenvalue weighted by Gasteiger charge is -2.47. The van der Waals surface area contributed by atoms with Crippen molar-refractivity contribution in [2.24, 2.45) is 0 Å². The van der Waals surface area contributed by atoms with Crippen molar-refractivity contribution in [3.63, 3.8) is 0 Å². The Hall–Kier alpha value is -2.82. The summed E-state index contributed by atoms with van der Waals surface area (Å²) in [5.74, 6) is 0.947. The summed E-state index contributed by atoms with van der Waals surface area (Å²) in [5.41, 5.74) is 6.69. The molecule has 0 saturated heterocycles. The third kappa shape index (κ3) is 1.63. The lowest BCUT2D eigenvalue weighted by atomic mass is 9.68. The van der Waals surface area contributed by atoms with Gasteiger partial charge in [-0.15, -0.1) is 0 Å². The highest BCUT2D eigenvalue weighted by Crippen LogP contribution is 2.58. The van der Waals surface area contributed by atoms with Crippen molar-refractivity contribution >= 4 is 17.2 Å². The summed E-state index contributed by atoms with van der Waals surface area (Å²) in [7, 11) is 0. The molecule has 2 aliphatic rings. The molecular formula is C20H19N5. The second-order valence-electron chi connectivity index (χ2n) is 7.82. The number of anilines is 3. The average Bonchev–Trinajstić information content (AvgIpc) is 2.61. The van der Waals surface area contributed by atoms with E-state index < -0.39 is 0 Å². The highest BCUT2D eigenvalue weighted by atomic mass is 15.2. The van der Waals surface area contributed by atoms with E-state index in [1.165, 1.54) is 22.4 Å². The fourth-order valence-electron chi connectivity index (χ4n) is 4.25. The fraction of sp³-hybridized carbons (Fsp3) is 0.300. The number of rotatable bonds is 0. The van der Waals surface area contributed by atoms with E-state index >= 15 is 0 Å². The average molecular weight is 329 g/mol. The number of pyridine rings is 2. The van der Waals surface area contributed by atoms with Crippen molar-refractivity contribution in [2.75, 3.05) is 4.90 Å². The molecule has 5 nitrogen and oxygen atoms in total. The predicted octanol–water partition coefficient (Wildman–Crippen LogP) is 4.02. The molecule has 0 unspecified atom stereocenters. The summed E-state index contributed by atoms with van der Waals surface area (Å²) in [5, 5.41) is 0. The summed E-state index contributed by atoms with van der Waals surface area (Å²) in [4.78, 5) is 20.2. The maximum atomic E-state index is 4.66. The normalized spacial score (nSPS) is 18.2. The lowest BCUT2D eigenvalue weighted by molar-refractivity contribution is 0.585. The van der Waals surface area contributed by atoms with E-state index in [2.05, 4.69) is 58.6 Å². The molecule has 0 saturated carbocycles. The van der Waals surface area contributed by atoms with Crippen LogP contribution in [0.15, 0.2) is 43.4 Å². The largest absolute Gasteiger partial charge is 0.294 e. The first-order valence-electron chi connectivity index (χ1n) is 8.48. The van der Waals surface area contributed by atoms with Crippen molar-refractivity contribution in [1.82, 2.24) is 19.9 Å². The van der Waals surface area contributed by atoms with Gasteiger partial charge in [0.25, 0.3) is 0 Å². The highest BCUT2D eigenvalue weighted by molar-refractivity contribution is 5.90. The standard InChI is InChI=1S/C20H19N5/c1-19(2)12-7-21-6-5-16(12)25-17-13(19)8-22-9-14(17)20(3,4)15-10-23-11-24-18(15)25/h5-11H,1-4H3. The molecule has 0 fully saturated rings. The quantitative estimate of drug-likeness (QED) is 0.623. The number of nitrogens with zero attached hydrogens (tertiary/aromatic N) is 5. The summed E-state index contributed by atoms with van der Waals surface area (Å²) in [6, 6.07) is 2.08. The zero-order valence-corrected chi connectivity index (χ0v) is 14.8. The van der Waals surface area contributed by atoms with E-state index in [4.69, 9.17) is 0 Å². The molecule has 0 spiro atoms. The molecular weight excluding hydrogens is 310 g/mol. The lowest BCUT2D eigenvalue weighted by Crippen LogP contribution is -2.39. The van der Waals surface area contributed by atoms with Gasteiger partial charge in [0.1, 0.15) is 12.1 Å². The minimum Gasteiger partial charge on any atom is -0.294 e. The van der Waals surface area contributed by atoms with Gasteiger partial charge in [0.05, 0.1) is 11.4 Å². The molecule has 0 bridgehead atoms. The van der Waals surface area contributed by atoms with Crippen LogP contribution in [0.25, 0.3) is 0 Å². The van der Waals surface area contributed by atoms with Gasteiger partial charge in [0, 0.05) is 64.1 Å². The Bertz CT molecular complexity index is 944. The van der Waals surface area contributed by atoms with Gasteiger partial charge >= 0.3 is 0 Å². The summed E-state index contributed by atoms with van der Waals surface area (Å²) < 4.78 is 0. The van der Waals surface area contributed by atoms with E-state index in [1.54, 1.807) is 6.33 Å². The second kappa shape index (κ2) is 4.42. The Labute approximate surface area is 146 Å². The number of hydrogen-bond donors (Lipinski definition) is 0. The topological polar surface area (TPSA) is 54.8 Å². The van der Waals surface area contributed by atoms with Crippen molar-refractivity contribution in [3.8, 4) is 0 Å². The van der Waals surface area contributed by atoms with Crippen LogP contribution in [0, 0.1) is 0 Å². The van der Waals surface area contributed by atoms with Crippen molar-refractivity contribution in [3.05, 3.63) is 65.6 Å². The van der Waals surface area contributed by atoms with Crippen LogP contribution in [0.3, 0.4) is 0 Å². The van der Waals surface area contributed by atoms with Crippen molar-refractivity contribution in [1.29, 1.82) is 0 Å². The molecule has 3 aromatic heterocycles. The van der Waals surface area contributed by atoms with Gasteiger partial charge in [-0.2, -0.15) is 0 Å². The van der Waals surface area contributed by atoms with E-state index in [-0.39, 0.29) is 10.8 Å². The fourth-order valence-corrected chi connectivity index (χ4v) is 4.25. The Balaban J connectivity index is 1.97. The molecule has 0 atom stereocenters. The van der Waals surface area contributed by atoms with Gasteiger partial charge in [-0.05, 0) is 6.07 Å². The Morgan fingerprint density at radius 2 is 1.40 bits per heavy atom. The van der Waals surface area contributed by atoms with E-state index in [9.17, 15) is 0 Å². The summed E-state index contributed by atoms with van der Waals surface area (Å²) in [6.07, 6.45) is 11.3. The van der Waals surface area contributed by atoms with Crippen molar-refractivity contribution in [2.45, 2.75) is 38.5 Å². The molecule has 0 amide bonds. The molecule has 124 valence electrons. The first-order valence-corrected chi connectivity index (χ1v) is 8.48. The first kappa shape index (κ1) is 14.5. The minimum atomic E-state index is -0.202. The zero-order chi connectivity index (χ0) is 17.4. The molecule has 25 heavy (non-hydrogen) atoms. The monoisotopic (exact) mass is 329 g/mol. The van der Waals surface area contributed by atoms with E-state index in [0.717, 1.165) is 17.1 Å². The third-order valence-electron chi connectivity index (χ3n) is 5.78. The van der Waals surface area contributed by atoms with E-state index in [1.807, 2.05) is 31.0 Å². The Morgan fingerprint density at radius 3 is 2.16 bits per heavy atom. The molecule has 5 heteroatoms. The number of hydrogen-bond acceptors (Lipinski definition) is 5. The molecule has 0 N–H and O–H groups in total. The second-order valence-corrected chi connectivity index (χ2v) is 7.82.